The van der Waals surface area contributed by atoms with Crippen LogP contribution in [0.25, 0.3) is 0 Å². The second-order valence-corrected chi connectivity index (χ2v) is 1.57. The van der Waals surface area contributed by atoms with Gasteiger partial charge in [0.05, 0.1) is 0 Å². The number of ether oxygens (including phenoxy) is 2. The Labute approximate surface area is 59.1 Å². The molecule has 0 aliphatic rings. The van der Waals surface area contributed by atoms with Gasteiger partial charge in [0, 0.05) is 7.11 Å². The summed E-state index contributed by atoms with van der Waals surface area (Å²) in [6.07, 6.45) is 0. The molecule has 0 aromatic carbocycles. The van der Waals surface area contributed by atoms with Crippen molar-refractivity contribution >= 4 is 18.8 Å². The van der Waals surface area contributed by atoms with Crippen LogP contribution < -0.4 is 4.72 Å². The van der Waals surface area contributed by atoms with E-state index in [-0.39, 0.29) is 19.3 Å². The van der Waals surface area contributed by atoms with E-state index < -0.39 is 0 Å². The van der Waals surface area contributed by atoms with Crippen LogP contribution in [0, 0.1) is 0 Å². The lowest BCUT2D eigenvalue weighted by Gasteiger charge is -1.99. The highest BCUT2D eigenvalue weighted by atomic mass is 32.1. The largest absolute Gasteiger partial charge is 0.438 e. The minimum Gasteiger partial charge on any atom is -0.438 e. The molecule has 54 valence electrons. The first-order valence-electron chi connectivity index (χ1n) is 2.32. The van der Waals surface area contributed by atoms with Gasteiger partial charge in [-0.2, -0.15) is 0 Å². The minimum absolute atomic E-state index is 0.00566. The Hall–Kier alpha value is -0.260. The average molecular weight is 151 g/mol. The van der Waals surface area contributed by atoms with Crippen molar-refractivity contribution < 1.29 is 14.3 Å². The summed E-state index contributed by atoms with van der Waals surface area (Å²) in [5, 5.41) is 0. The van der Waals surface area contributed by atoms with Crippen molar-refractivity contribution in [1.82, 2.24) is 4.72 Å². The first-order valence-corrected chi connectivity index (χ1v) is 2.77. The van der Waals surface area contributed by atoms with Crippen LogP contribution in [0.1, 0.15) is 0 Å². The van der Waals surface area contributed by atoms with Gasteiger partial charge in [-0.1, -0.05) is 12.8 Å². The van der Waals surface area contributed by atoms with E-state index in [0.717, 1.165) is 0 Å². The predicted octanol–water partition coefficient (Wildman–Crippen LogP) is -0.432. The number of methoxy groups -OCH3 is 1. The van der Waals surface area contributed by atoms with Crippen molar-refractivity contribution in [2.75, 3.05) is 20.4 Å². The molecule has 0 unspecified atom stereocenters. The molecule has 9 heavy (non-hydrogen) atoms. The Bertz CT molecular complexity index is 87.9. The lowest BCUT2D eigenvalue weighted by molar-refractivity contribution is -0.152. The highest BCUT2D eigenvalue weighted by molar-refractivity contribution is 7.78. The van der Waals surface area contributed by atoms with Gasteiger partial charge in [0.15, 0.2) is 6.79 Å². The van der Waals surface area contributed by atoms with E-state index in [0.29, 0.717) is 0 Å². The third-order valence-corrected chi connectivity index (χ3v) is 0.719. The van der Waals surface area contributed by atoms with Crippen LogP contribution in [0.5, 0.6) is 0 Å². The number of esters is 1. The number of nitrogens with one attached hydrogen (secondary N) is 1. The molecule has 0 aromatic rings. The van der Waals surface area contributed by atoms with E-state index in [4.69, 9.17) is 0 Å². The summed E-state index contributed by atoms with van der Waals surface area (Å²) < 4.78 is 11.3. The summed E-state index contributed by atoms with van der Waals surface area (Å²) in [6, 6.07) is 0. The van der Waals surface area contributed by atoms with Gasteiger partial charge >= 0.3 is 5.97 Å². The van der Waals surface area contributed by atoms with E-state index in [2.05, 4.69) is 27.0 Å². The first-order chi connectivity index (χ1) is 4.31. The molecule has 0 rings (SSSR count). The van der Waals surface area contributed by atoms with Gasteiger partial charge in [-0.3, -0.25) is 9.52 Å². The van der Waals surface area contributed by atoms with Crippen molar-refractivity contribution in [2.45, 2.75) is 0 Å². The smallest absolute Gasteiger partial charge is 0.322 e. The topological polar surface area (TPSA) is 47.6 Å². The second kappa shape index (κ2) is 5.87. The minimum atomic E-state index is -0.383. The first kappa shape index (κ1) is 8.74. The molecular formula is C4H9NO3S. The molecule has 5 heteroatoms. The molecule has 0 heterocycles. The Morgan fingerprint density at radius 1 is 1.78 bits per heavy atom. The van der Waals surface area contributed by atoms with Crippen molar-refractivity contribution in [3.05, 3.63) is 0 Å². The zero-order chi connectivity index (χ0) is 7.11. The van der Waals surface area contributed by atoms with E-state index in [1.54, 1.807) is 0 Å². The standard InChI is InChI=1S/C4H9NO3S/c1-7-3-8-4(6)2-5-9/h5,9H,2-3H2,1H3. The van der Waals surface area contributed by atoms with Gasteiger partial charge in [0.1, 0.15) is 6.54 Å². The number of carbonyl (C=O) groups excluding carboxylic acids is 1. The van der Waals surface area contributed by atoms with E-state index in [9.17, 15) is 4.79 Å². The fourth-order valence-corrected chi connectivity index (χ4v) is 0.369. The lowest BCUT2D eigenvalue weighted by atomic mass is 10.7. The molecule has 0 bridgehead atoms. The van der Waals surface area contributed by atoms with E-state index in [1.165, 1.54) is 7.11 Å². The summed E-state index contributed by atoms with van der Waals surface area (Å²) in [6.45, 7) is 0.0841. The predicted molar refractivity (Wildman–Crippen MR) is 35.0 cm³/mol. The van der Waals surface area contributed by atoms with Crippen LogP contribution in [0.3, 0.4) is 0 Å². The van der Waals surface area contributed by atoms with Crippen molar-refractivity contribution in [3.8, 4) is 0 Å². The van der Waals surface area contributed by atoms with Gasteiger partial charge in [-0.25, -0.2) is 0 Å². The molecule has 0 amide bonds. The lowest BCUT2D eigenvalue weighted by Crippen LogP contribution is -2.18. The SMILES string of the molecule is COCOC(=O)CNS. The number of hydrogen-bond acceptors (Lipinski definition) is 5. The molecule has 0 atom stereocenters. The number of hydrogen-bond donors (Lipinski definition) is 2. The fourth-order valence-electron chi connectivity index (χ4n) is 0.240. The highest BCUT2D eigenvalue weighted by Gasteiger charge is 1.97. The average Bonchev–Trinajstić information content (AvgIpc) is 1.85. The quantitative estimate of drug-likeness (QED) is 0.325. The molecule has 0 aliphatic carbocycles. The zero-order valence-corrected chi connectivity index (χ0v) is 5.98. The molecule has 0 spiro atoms. The number of carbonyl (C=O) groups is 1. The van der Waals surface area contributed by atoms with Gasteiger partial charge in [0.2, 0.25) is 0 Å². The molecule has 1 N–H and O–H groups in total. The van der Waals surface area contributed by atoms with Crippen LogP contribution in [0.4, 0.5) is 0 Å². The number of rotatable bonds is 4. The van der Waals surface area contributed by atoms with E-state index >= 15 is 0 Å². The third-order valence-electron chi connectivity index (χ3n) is 0.561. The van der Waals surface area contributed by atoms with E-state index in [1.807, 2.05) is 0 Å². The Balaban J connectivity index is 3.06. The molecule has 0 aliphatic heterocycles. The van der Waals surface area contributed by atoms with Crippen molar-refractivity contribution in [3.63, 3.8) is 0 Å². The third kappa shape index (κ3) is 5.61. The summed E-state index contributed by atoms with van der Waals surface area (Å²) >= 11 is 3.59. The Kier molecular flexibility index (Phi) is 5.70. The summed E-state index contributed by atoms with van der Waals surface area (Å²) in [5.41, 5.74) is 0. The van der Waals surface area contributed by atoms with Gasteiger partial charge in [0.25, 0.3) is 0 Å². The zero-order valence-electron chi connectivity index (χ0n) is 5.09. The monoisotopic (exact) mass is 151 g/mol. The molecule has 4 nitrogen and oxygen atoms in total. The van der Waals surface area contributed by atoms with Crippen LogP contribution in [-0.4, -0.2) is 26.4 Å². The maximum Gasteiger partial charge on any atom is 0.322 e. The Morgan fingerprint density at radius 2 is 2.44 bits per heavy atom. The maximum absolute atomic E-state index is 10.4. The molecule has 0 saturated carbocycles. The summed E-state index contributed by atoms with van der Waals surface area (Å²) in [7, 11) is 1.45. The van der Waals surface area contributed by atoms with Crippen molar-refractivity contribution in [1.29, 1.82) is 0 Å². The van der Waals surface area contributed by atoms with Crippen LogP contribution in [-0.2, 0) is 14.3 Å². The molecule has 0 fully saturated rings. The van der Waals surface area contributed by atoms with Gasteiger partial charge in [-0.15, -0.1) is 0 Å². The molecule has 0 radical (unpaired) electrons. The molecular weight excluding hydrogens is 142 g/mol. The van der Waals surface area contributed by atoms with Crippen LogP contribution >= 0.6 is 12.8 Å². The fraction of sp³-hybridized carbons (Fsp3) is 0.750. The second-order valence-electron chi connectivity index (χ2n) is 1.26. The number of thiol groups is 1. The van der Waals surface area contributed by atoms with Gasteiger partial charge in [-0.05, 0) is 0 Å². The highest BCUT2D eigenvalue weighted by Crippen LogP contribution is 1.76. The molecule has 0 aromatic heterocycles. The summed E-state index contributed by atoms with van der Waals surface area (Å²) in [4.78, 5) is 10.4. The van der Waals surface area contributed by atoms with Crippen molar-refractivity contribution in [2.24, 2.45) is 0 Å². The molecule has 0 saturated heterocycles. The van der Waals surface area contributed by atoms with Crippen LogP contribution in [0.15, 0.2) is 0 Å². The Morgan fingerprint density at radius 3 is 2.89 bits per heavy atom. The normalized spacial score (nSPS) is 9.11. The van der Waals surface area contributed by atoms with Crippen LogP contribution in [0.2, 0.25) is 0 Å². The maximum atomic E-state index is 10.4. The van der Waals surface area contributed by atoms with Gasteiger partial charge < -0.3 is 9.47 Å². The summed E-state index contributed by atoms with van der Waals surface area (Å²) in [5.74, 6) is -0.383.